The zero-order chi connectivity index (χ0) is 7.61. The summed E-state index contributed by atoms with van der Waals surface area (Å²) in [5.41, 5.74) is -0.950. The van der Waals surface area contributed by atoms with E-state index in [0.717, 1.165) is 0 Å². The summed E-state index contributed by atoms with van der Waals surface area (Å²) in [6.07, 6.45) is 8.23. The van der Waals surface area contributed by atoms with Crippen molar-refractivity contribution in [1.82, 2.24) is 0 Å². The second-order valence-corrected chi connectivity index (χ2v) is 2.62. The lowest BCUT2D eigenvalue weighted by Crippen LogP contribution is -2.24. The fourth-order valence-corrected chi connectivity index (χ4v) is 1.10. The highest BCUT2D eigenvalue weighted by molar-refractivity contribution is 5.16. The molecule has 54 valence electrons. The molecule has 2 unspecified atom stereocenters. The Bertz CT molecular complexity index is 190. The third-order valence-corrected chi connectivity index (χ3v) is 1.60. The first-order chi connectivity index (χ1) is 4.66. The topological polar surface area (TPSA) is 40.5 Å². The van der Waals surface area contributed by atoms with Crippen molar-refractivity contribution < 1.29 is 10.2 Å². The number of aliphatic hydroxyl groups is 2. The van der Waals surface area contributed by atoms with Gasteiger partial charge in [-0.05, 0) is 0 Å². The number of aliphatic hydroxyl groups excluding tert-OH is 1. The molecule has 0 heterocycles. The normalized spacial score (nSPS) is 37.9. The summed E-state index contributed by atoms with van der Waals surface area (Å²) in [5.74, 6) is 2.36. The standard InChI is InChI=1S/C8H10O2/c1-2-4-8(10)5-3-7(9)6-8/h1,3,5,7,9-10H,4,6H2. The van der Waals surface area contributed by atoms with Crippen LogP contribution in [0.2, 0.25) is 0 Å². The lowest BCUT2D eigenvalue weighted by Gasteiger charge is -2.17. The van der Waals surface area contributed by atoms with Crippen LogP contribution in [0.25, 0.3) is 0 Å². The molecule has 0 saturated heterocycles. The summed E-state index contributed by atoms with van der Waals surface area (Å²) >= 11 is 0. The Labute approximate surface area is 60.2 Å². The van der Waals surface area contributed by atoms with Crippen LogP contribution in [0.5, 0.6) is 0 Å². The van der Waals surface area contributed by atoms with Crippen molar-refractivity contribution in [1.29, 1.82) is 0 Å². The van der Waals surface area contributed by atoms with Gasteiger partial charge < -0.3 is 10.2 Å². The van der Waals surface area contributed by atoms with E-state index < -0.39 is 11.7 Å². The van der Waals surface area contributed by atoms with E-state index in [1.54, 1.807) is 12.2 Å². The first-order valence-corrected chi connectivity index (χ1v) is 3.19. The Kier molecular flexibility index (Phi) is 1.80. The van der Waals surface area contributed by atoms with Crippen molar-refractivity contribution in [2.75, 3.05) is 0 Å². The Morgan fingerprint density at radius 2 is 2.50 bits per heavy atom. The fourth-order valence-electron chi connectivity index (χ4n) is 1.10. The summed E-state index contributed by atoms with van der Waals surface area (Å²) < 4.78 is 0. The van der Waals surface area contributed by atoms with Gasteiger partial charge in [-0.3, -0.25) is 0 Å². The highest BCUT2D eigenvalue weighted by atomic mass is 16.3. The summed E-state index contributed by atoms with van der Waals surface area (Å²) in [5, 5.41) is 18.4. The summed E-state index contributed by atoms with van der Waals surface area (Å²) in [6.45, 7) is 0. The minimum Gasteiger partial charge on any atom is -0.389 e. The van der Waals surface area contributed by atoms with Gasteiger partial charge in [0, 0.05) is 12.8 Å². The minimum atomic E-state index is -0.950. The molecule has 1 aliphatic carbocycles. The maximum atomic E-state index is 9.47. The molecule has 2 atom stereocenters. The molecule has 0 radical (unpaired) electrons. The van der Waals surface area contributed by atoms with Crippen LogP contribution >= 0.6 is 0 Å². The third kappa shape index (κ3) is 1.38. The molecule has 2 heteroatoms. The highest BCUT2D eigenvalue weighted by Gasteiger charge is 2.30. The average molecular weight is 138 g/mol. The summed E-state index contributed by atoms with van der Waals surface area (Å²) in [6, 6.07) is 0. The van der Waals surface area contributed by atoms with Crippen LogP contribution in [0.4, 0.5) is 0 Å². The van der Waals surface area contributed by atoms with Crippen LogP contribution in [0.3, 0.4) is 0 Å². The van der Waals surface area contributed by atoms with Gasteiger partial charge in [-0.2, -0.15) is 0 Å². The Balaban J connectivity index is 2.58. The van der Waals surface area contributed by atoms with E-state index in [1.165, 1.54) is 0 Å². The van der Waals surface area contributed by atoms with Crippen molar-refractivity contribution >= 4 is 0 Å². The smallest absolute Gasteiger partial charge is 0.0965 e. The van der Waals surface area contributed by atoms with E-state index >= 15 is 0 Å². The highest BCUT2D eigenvalue weighted by Crippen LogP contribution is 2.25. The van der Waals surface area contributed by atoms with Crippen LogP contribution in [-0.2, 0) is 0 Å². The van der Waals surface area contributed by atoms with E-state index in [9.17, 15) is 5.11 Å². The lowest BCUT2D eigenvalue weighted by atomic mass is 10.00. The minimum absolute atomic E-state index is 0.278. The third-order valence-electron chi connectivity index (χ3n) is 1.60. The molecule has 0 spiro atoms. The van der Waals surface area contributed by atoms with Crippen LogP contribution in [0.1, 0.15) is 12.8 Å². The quantitative estimate of drug-likeness (QED) is 0.397. The molecule has 0 fully saturated rings. The number of rotatable bonds is 1. The fraction of sp³-hybridized carbons (Fsp3) is 0.500. The van der Waals surface area contributed by atoms with Crippen LogP contribution in [0, 0.1) is 12.3 Å². The maximum Gasteiger partial charge on any atom is 0.0965 e. The lowest BCUT2D eigenvalue weighted by molar-refractivity contribution is 0.0626. The first-order valence-electron chi connectivity index (χ1n) is 3.19. The molecule has 0 bridgehead atoms. The van der Waals surface area contributed by atoms with Crippen LogP contribution in [-0.4, -0.2) is 21.9 Å². The van der Waals surface area contributed by atoms with E-state index in [-0.39, 0.29) is 6.42 Å². The predicted molar refractivity (Wildman–Crippen MR) is 38.2 cm³/mol. The van der Waals surface area contributed by atoms with Gasteiger partial charge in [0.05, 0.1) is 11.7 Å². The summed E-state index contributed by atoms with van der Waals surface area (Å²) in [4.78, 5) is 0. The Morgan fingerprint density at radius 1 is 1.80 bits per heavy atom. The second kappa shape index (κ2) is 2.45. The number of hydrogen-bond donors (Lipinski definition) is 2. The molecule has 1 rings (SSSR count). The largest absolute Gasteiger partial charge is 0.389 e. The molecular formula is C8H10O2. The van der Waals surface area contributed by atoms with Gasteiger partial charge in [0.25, 0.3) is 0 Å². The van der Waals surface area contributed by atoms with E-state index in [0.29, 0.717) is 6.42 Å². The maximum absolute atomic E-state index is 9.47. The van der Waals surface area contributed by atoms with Crippen molar-refractivity contribution in [3.8, 4) is 12.3 Å². The Hall–Kier alpha value is -0.780. The van der Waals surface area contributed by atoms with Gasteiger partial charge in [0.15, 0.2) is 0 Å². The van der Waals surface area contributed by atoms with Crippen molar-refractivity contribution in [3.05, 3.63) is 12.2 Å². The zero-order valence-corrected chi connectivity index (χ0v) is 5.62. The first kappa shape index (κ1) is 7.33. The number of hydrogen-bond acceptors (Lipinski definition) is 2. The Morgan fingerprint density at radius 3 is 2.90 bits per heavy atom. The van der Waals surface area contributed by atoms with Gasteiger partial charge in [-0.1, -0.05) is 12.2 Å². The van der Waals surface area contributed by atoms with Gasteiger partial charge in [0.1, 0.15) is 0 Å². The van der Waals surface area contributed by atoms with Crippen molar-refractivity contribution in [2.45, 2.75) is 24.5 Å². The SMILES string of the molecule is C#CCC1(O)C=CC(O)C1. The molecule has 1 aliphatic rings. The van der Waals surface area contributed by atoms with Gasteiger partial charge in [-0.15, -0.1) is 12.3 Å². The zero-order valence-electron chi connectivity index (χ0n) is 5.62. The second-order valence-electron chi connectivity index (χ2n) is 2.62. The predicted octanol–water partition coefficient (Wildman–Crippen LogP) is 0.0616. The molecule has 0 aromatic rings. The van der Waals surface area contributed by atoms with E-state index in [2.05, 4.69) is 5.92 Å². The van der Waals surface area contributed by atoms with Gasteiger partial charge in [0.2, 0.25) is 0 Å². The molecular weight excluding hydrogens is 128 g/mol. The molecule has 2 nitrogen and oxygen atoms in total. The van der Waals surface area contributed by atoms with Gasteiger partial charge >= 0.3 is 0 Å². The van der Waals surface area contributed by atoms with Crippen molar-refractivity contribution in [2.24, 2.45) is 0 Å². The number of terminal acetylenes is 1. The van der Waals surface area contributed by atoms with E-state index in [4.69, 9.17) is 11.5 Å². The molecule has 2 N–H and O–H groups in total. The molecule has 0 aliphatic heterocycles. The van der Waals surface area contributed by atoms with Crippen molar-refractivity contribution in [3.63, 3.8) is 0 Å². The van der Waals surface area contributed by atoms with Crippen LogP contribution in [0.15, 0.2) is 12.2 Å². The average Bonchev–Trinajstić information content (AvgIpc) is 2.12. The van der Waals surface area contributed by atoms with Gasteiger partial charge in [-0.25, -0.2) is 0 Å². The molecule has 0 aromatic carbocycles. The molecule has 0 aromatic heterocycles. The summed E-state index contributed by atoms with van der Waals surface area (Å²) in [7, 11) is 0. The monoisotopic (exact) mass is 138 g/mol. The molecule has 10 heavy (non-hydrogen) atoms. The molecule has 0 saturated carbocycles. The van der Waals surface area contributed by atoms with E-state index in [1.807, 2.05) is 0 Å². The van der Waals surface area contributed by atoms with Crippen LogP contribution < -0.4 is 0 Å². The molecule has 0 amide bonds.